The number of rotatable bonds is 3. The normalized spacial score (nSPS) is 10.3. The van der Waals surface area contributed by atoms with E-state index in [1.165, 1.54) is 10.4 Å². The molecule has 4 rings (SSSR count). The summed E-state index contributed by atoms with van der Waals surface area (Å²) in [5.41, 5.74) is 8.29. The topological polar surface area (TPSA) is 64.7 Å². The van der Waals surface area contributed by atoms with Crippen LogP contribution in [0.25, 0.3) is 21.6 Å². The third-order valence-electron chi connectivity index (χ3n) is 3.61. The lowest BCUT2D eigenvalue weighted by Gasteiger charge is -2.01. The molecular formula is C20H20N4S. The number of nitrogens with two attached hydrogens (primary N) is 1. The molecule has 0 saturated carbocycles. The number of nitrogen functional groups attached to an aromatic ring is 1. The summed E-state index contributed by atoms with van der Waals surface area (Å²) in [4.78, 5) is 15.3. The fraction of sp³-hybridized carbons (Fsp3) is 0.150. The molecule has 126 valence electrons. The molecule has 1 aromatic carbocycles. The van der Waals surface area contributed by atoms with Gasteiger partial charge in [-0.15, -0.1) is 11.3 Å². The van der Waals surface area contributed by atoms with E-state index in [0.717, 1.165) is 22.2 Å². The number of pyridine rings is 1. The second kappa shape index (κ2) is 7.85. The van der Waals surface area contributed by atoms with Crippen LogP contribution in [-0.2, 0) is 6.42 Å². The Morgan fingerprint density at radius 2 is 1.80 bits per heavy atom. The first-order chi connectivity index (χ1) is 12.3. The number of anilines is 1. The van der Waals surface area contributed by atoms with Gasteiger partial charge < -0.3 is 5.73 Å². The summed E-state index contributed by atoms with van der Waals surface area (Å²) in [5, 5.41) is 0.925. The predicted octanol–water partition coefficient (Wildman–Crippen LogP) is 4.95. The Bertz CT molecular complexity index is 950. The van der Waals surface area contributed by atoms with Gasteiger partial charge in [-0.1, -0.05) is 44.2 Å². The van der Waals surface area contributed by atoms with E-state index in [9.17, 15) is 0 Å². The van der Waals surface area contributed by atoms with Crippen molar-refractivity contribution in [3.8, 4) is 11.4 Å². The lowest BCUT2D eigenvalue weighted by Crippen LogP contribution is -1.96. The predicted molar refractivity (Wildman–Crippen MR) is 106 cm³/mol. The van der Waals surface area contributed by atoms with Gasteiger partial charge >= 0.3 is 0 Å². The Kier molecular flexibility index (Phi) is 5.36. The highest BCUT2D eigenvalue weighted by Crippen LogP contribution is 2.31. The van der Waals surface area contributed by atoms with E-state index in [-0.39, 0.29) is 0 Å². The molecule has 25 heavy (non-hydrogen) atoms. The highest BCUT2D eigenvalue weighted by Gasteiger charge is 2.11. The van der Waals surface area contributed by atoms with Crippen LogP contribution in [0, 0.1) is 0 Å². The lowest BCUT2D eigenvalue weighted by atomic mass is 10.1. The molecule has 0 radical (unpaired) electrons. The van der Waals surface area contributed by atoms with Crippen molar-refractivity contribution in [2.24, 2.45) is 0 Å². The molecule has 0 saturated heterocycles. The largest absolute Gasteiger partial charge is 0.383 e. The molecule has 5 heteroatoms. The molecule has 0 aliphatic carbocycles. The van der Waals surface area contributed by atoms with Crippen molar-refractivity contribution in [2.75, 3.05) is 5.73 Å². The molecule has 3 heterocycles. The van der Waals surface area contributed by atoms with Crippen LogP contribution in [0.15, 0.2) is 60.9 Å². The fourth-order valence-electron chi connectivity index (χ4n) is 2.50. The molecule has 0 aliphatic rings. The van der Waals surface area contributed by atoms with Crippen LogP contribution in [0.4, 0.5) is 5.82 Å². The van der Waals surface area contributed by atoms with Crippen molar-refractivity contribution in [1.29, 1.82) is 0 Å². The third kappa shape index (κ3) is 3.83. The Labute approximate surface area is 151 Å². The van der Waals surface area contributed by atoms with Gasteiger partial charge in [0.05, 0.1) is 5.39 Å². The van der Waals surface area contributed by atoms with Crippen LogP contribution >= 0.6 is 11.3 Å². The van der Waals surface area contributed by atoms with Gasteiger partial charge in [0, 0.05) is 29.3 Å². The summed E-state index contributed by atoms with van der Waals surface area (Å²) < 4.78 is 0. The molecule has 0 atom stereocenters. The molecule has 4 nitrogen and oxygen atoms in total. The smallest absolute Gasteiger partial charge is 0.164 e. The van der Waals surface area contributed by atoms with E-state index in [4.69, 9.17) is 5.73 Å². The minimum Gasteiger partial charge on any atom is -0.383 e. The van der Waals surface area contributed by atoms with Gasteiger partial charge in [-0.25, -0.2) is 9.97 Å². The average Bonchev–Trinajstić information content (AvgIpc) is 3.08. The van der Waals surface area contributed by atoms with Crippen molar-refractivity contribution < 1.29 is 0 Å². The van der Waals surface area contributed by atoms with Crippen molar-refractivity contribution in [3.05, 3.63) is 71.4 Å². The first kappa shape index (κ1) is 17.0. The quantitative estimate of drug-likeness (QED) is 0.569. The van der Waals surface area contributed by atoms with Crippen molar-refractivity contribution in [3.63, 3.8) is 0 Å². The van der Waals surface area contributed by atoms with E-state index in [1.807, 2.05) is 32.0 Å². The molecule has 4 aromatic rings. The van der Waals surface area contributed by atoms with Crippen LogP contribution in [0.2, 0.25) is 0 Å². The Morgan fingerprint density at radius 3 is 2.52 bits per heavy atom. The van der Waals surface area contributed by atoms with Crippen LogP contribution < -0.4 is 5.73 Å². The highest BCUT2D eigenvalue weighted by atomic mass is 32.1. The Balaban J connectivity index is 0.000000880. The highest BCUT2D eigenvalue weighted by molar-refractivity contribution is 7.18. The molecule has 0 aliphatic heterocycles. The Morgan fingerprint density at radius 1 is 1.00 bits per heavy atom. The maximum atomic E-state index is 6.14. The first-order valence-electron chi connectivity index (χ1n) is 8.30. The molecule has 0 spiro atoms. The van der Waals surface area contributed by atoms with Gasteiger partial charge in [-0.05, 0) is 23.8 Å². The van der Waals surface area contributed by atoms with Gasteiger partial charge in [0.1, 0.15) is 10.6 Å². The molecule has 0 bridgehead atoms. The summed E-state index contributed by atoms with van der Waals surface area (Å²) in [6.07, 6.45) is 4.36. The summed E-state index contributed by atoms with van der Waals surface area (Å²) in [7, 11) is 0. The van der Waals surface area contributed by atoms with Gasteiger partial charge in [-0.2, -0.15) is 0 Å². The van der Waals surface area contributed by atoms with E-state index in [2.05, 4.69) is 45.3 Å². The van der Waals surface area contributed by atoms with Gasteiger partial charge in [0.15, 0.2) is 5.82 Å². The van der Waals surface area contributed by atoms with Gasteiger partial charge in [0.2, 0.25) is 0 Å². The molecule has 0 fully saturated rings. The van der Waals surface area contributed by atoms with E-state index in [1.54, 1.807) is 23.7 Å². The number of hydrogen-bond acceptors (Lipinski definition) is 5. The summed E-state index contributed by atoms with van der Waals surface area (Å²) in [6.45, 7) is 4.00. The van der Waals surface area contributed by atoms with Crippen molar-refractivity contribution in [2.45, 2.75) is 20.3 Å². The lowest BCUT2D eigenvalue weighted by molar-refractivity contribution is 1.22. The second-order valence-corrected chi connectivity index (χ2v) is 6.38. The number of hydrogen-bond donors (Lipinski definition) is 1. The van der Waals surface area contributed by atoms with Gasteiger partial charge in [-0.3, -0.25) is 4.98 Å². The zero-order valence-electron chi connectivity index (χ0n) is 14.3. The fourth-order valence-corrected chi connectivity index (χ4v) is 3.57. The van der Waals surface area contributed by atoms with Crippen LogP contribution in [0.5, 0.6) is 0 Å². The number of thiophene rings is 1. The monoisotopic (exact) mass is 348 g/mol. The molecule has 0 amide bonds. The summed E-state index contributed by atoms with van der Waals surface area (Å²) in [6, 6.07) is 16.3. The minimum absolute atomic E-state index is 0.518. The number of benzene rings is 1. The first-order valence-corrected chi connectivity index (χ1v) is 9.11. The van der Waals surface area contributed by atoms with E-state index in [0.29, 0.717) is 11.6 Å². The maximum Gasteiger partial charge on any atom is 0.164 e. The molecule has 2 N–H and O–H groups in total. The second-order valence-electron chi connectivity index (χ2n) is 5.27. The number of nitrogens with zero attached hydrogens (tertiary/aromatic N) is 3. The number of aromatic nitrogens is 3. The maximum absolute atomic E-state index is 6.14. The standard InChI is InChI=1S/C18H14N4S.C2H6/c19-16-15-10-14(9-12-5-2-1-3-6-12)23-18(15)22-17(21-16)13-7-4-8-20-11-13;1-2/h1-8,10-11H,9H2,(H2,19,21,22);1-2H3. The summed E-state index contributed by atoms with van der Waals surface area (Å²) >= 11 is 1.66. The Hall–Kier alpha value is -2.79. The van der Waals surface area contributed by atoms with Crippen LogP contribution in [-0.4, -0.2) is 15.0 Å². The average molecular weight is 348 g/mol. The molecular weight excluding hydrogens is 328 g/mol. The minimum atomic E-state index is 0.518. The SMILES string of the molecule is CC.Nc1nc(-c2cccnc2)nc2sc(Cc3ccccc3)cc12. The number of fused-ring (bicyclic) bond motifs is 1. The molecule has 3 aromatic heterocycles. The zero-order valence-corrected chi connectivity index (χ0v) is 15.1. The molecule has 0 unspecified atom stereocenters. The van der Waals surface area contributed by atoms with Gasteiger partial charge in [0.25, 0.3) is 0 Å². The van der Waals surface area contributed by atoms with Crippen molar-refractivity contribution in [1.82, 2.24) is 15.0 Å². The van der Waals surface area contributed by atoms with Crippen LogP contribution in [0.1, 0.15) is 24.3 Å². The van der Waals surface area contributed by atoms with Crippen molar-refractivity contribution >= 4 is 27.4 Å². The zero-order chi connectivity index (χ0) is 17.6. The van der Waals surface area contributed by atoms with E-state index < -0.39 is 0 Å². The third-order valence-corrected chi connectivity index (χ3v) is 4.64. The van der Waals surface area contributed by atoms with E-state index >= 15 is 0 Å². The summed E-state index contributed by atoms with van der Waals surface area (Å²) in [5.74, 6) is 1.14. The van der Waals surface area contributed by atoms with Crippen LogP contribution in [0.3, 0.4) is 0 Å².